The van der Waals surface area contributed by atoms with Crippen molar-refractivity contribution in [3.8, 4) is 0 Å². The van der Waals surface area contributed by atoms with Crippen LogP contribution in [-0.4, -0.2) is 46.6 Å². The molecule has 4 rings (SSSR count). The fourth-order valence-electron chi connectivity index (χ4n) is 3.21. The molecule has 0 saturated carbocycles. The van der Waals surface area contributed by atoms with E-state index in [1.54, 1.807) is 17.0 Å². The highest BCUT2D eigenvalue weighted by Gasteiger charge is 2.45. The number of thiophene rings is 1. The molecule has 0 unspecified atom stereocenters. The summed E-state index contributed by atoms with van der Waals surface area (Å²) in [4.78, 5) is 53.4. The van der Waals surface area contributed by atoms with E-state index >= 15 is 0 Å². The van der Waals surface area contributed by atoms with E-state index in [-0.39, 0.29) is 12.5 Å². The van der Waals surface area contributed by atoms with Crippen molar-refractivity contribution >= 4 is 40.8 Å². The Kier molecular flexibility index (Phi) is 4.04. The smallest absolute Gasteiger partial charge is 0.310 e. The summed E-state index contributed by atoms with van der Waals surface area (Å²) in [6.07, 6.45) is 0.729. The molecule has 2 aromatic rings. The molecule has 26 heavy (non-hydrogen) atoms. The summed E-state index contributed by atoms with van der Waals surface area (Å²) in [5.41, 5.74) is 1.84. The van der Waals surface area contributed by atoms with Gasteiger partial charge in [0.15, 0.2) is 0 Å². The Labute approximate surface area is 153 Å². The summed E-state index contributed by atoms with van der Waals surface area (Å²) in [7, 11) is 0. The maximum absolute atomic E-state index is 12.6. The van der Waals surface area contributed by atoms with Gasteiger partial charge in [-0.1, -0.05) is 24.3 Å². The fraction of sp³-hybridized carbons (Fsp3) is 0.222. The molecule has 0 atom stereocenters. The molecule has 2 aliphatic heterocycles. The van der Waals surface area contributed by atoms with Crippen molar-refractivity contribution in [2.24, 2.45) is 0 Å². The van der Waals surface area contributed by atoms with E-state index in [0.29, 0.717) is 6.54 Å². The second-order valence-electron chi connectivity index (χ2n) is 6.07. The first-order chi connectivity index (χ1) is 12.6. The highest BCUT2D eigenvalue weighted by Crippen LogP contribution is 2.28. The summed E-state index contributed by atoms with van der Waals surface area (Å²) >= 11 is 1.39. The van der Waals surface area contributed by atoms with Gasteiger partial charge in [-0.05, 0) is 29.5 Å². The minimum Gasteiger partial charge on any atom is -0.310 e. The summed E-state index contributed by atoms with van der Waals surface area (Å²) in [6, 6.07) is 10.4. The van der Waals surface area contributed by atoms with Crippen LogP contribution in [0.3, 0.4) is 0 Å². The van der Waals surface area contributed by atoms with E-state index < -0.39 is 24.4 Å². The van der Waals surface area contributed by atoms with E-state index in [9.17, 15) is 19.2 Å². The van der Waals surface area contributed by atoms with Crippen molar-refractivity contribution in [3.05, 3.63) is 52.2 Å². The average Bonchev–Trinajstić information content (AvgIpc) is 3.35. The van der Waals surface area contributed by atoms with E-state index in [0.717, 1.165) is 32.3 Å². The van der Waals surface area contributed by atoms with Gasteiger partial charge in [0.25, 0.3) is 0 Å². The largest absolute Gasteiger partial charge is 0.335 e. The van der Waals surface area contributed by atoms with E-state index in [1.165, 1.54) is 11.3 Å². The van der Waals surface area contributed by atoms with Gasteiger partial charge in [0, 0.05) is 17.1 Å². The van der Waals surface area contributed by atoms with Gasteiger partial charge >= 0.3 is 17.8 Å². The van der Waals surface area contributed by atoms with Crippen molar-refractivity contribution in [1.82, 2.24) is 9.80 Å². The van der Waals surface area contributed by atoms with Crippen LogP contribution in [0, 0.1) is 0 Å². The number of nitrogens with zero attached hydrogens (tertiary/aromatic N) is 3. The van der Waals surface area contributed by atoms with Gasteiger partial charge in [-0.15, -0.1) is 11.3 Å². The number of fused-ring (bicyclic) bond motifs is 1. The Balaban J connectivity index is 1.50. The third-order valence-electron chi connectivity index (χ3n) is 4.51. The van der Waals surface area contributed by atoms with Gasteiger partial charge in [-0.25, -0.2) is 9.69 Å². The van der Waals surface area contributed by atoms with E-state index in [1.807, 2.05) is 29.6 Å². The van der Waals surface area contributed by atoms with Crippen LogP contribution in [0.5, 0.6) is 0 Å². The van der Waals surface area contributed by atoms with Crippen LogP contribution in [0.1, 0.15) is 10.4 Å². The van der Waals surface area contributed by atoms with Gasteiger partial charge in [0.05, 0.1) is 6.54 Å². The number of imide groups is 2. The predicted molar refractivity (Wildman–Crippen MR) is 94.5 cm³/mol. The molecule has 2 aliphatic rings. The molecule has 0 aliphatic carbocycles. The maximum Gasteiger partial charge on any atom is 0.335 e. The number of anilines is 1. The van der Waals surface area contributed by atoms with Gasteiger partial charge in [0.2, 0.25) is 5.91 Å². The van der Waals surface area contributed by atoms with Crippen molar-refractivity contribution in [2.45, 2.75) is 13.0 Å². The number of hydrogen-bond acceptors (Lipinski definition) is 5. The van der Waals surface area contributed by atoms with Crippen molar-refractivity contribution in [2.75, 3.05) is 18.0 Å². The molecule has 1 aromatic heterocycles. The predicted octanol–water partition coefficient (Wildman–Crippen LogP) is 1.63. The standard InChI is InChI=1S/C18H15N3O4S/c22-15(19-8-7-12-4-1-2-6-14(12)19)11-21-17(24)16(23)20(18(21)25)10-13-5-3-9-26-13/h1-6,9H,7-8,10-11H2. The first kappa shape index (κ1) is 16.5. The lowest BCUT2D eigenvalue weighted by molar-refractivity contribution is -0.144. The Hall–Kier alpha value is -3.00. The first-order valence-electron chi connectivity index (χ1n) is 8.14. The molecule has 8 heteroatoms. The minimum absolute atomic E-state index is 0.0400. The summed E-state index contributed by atoms with van der Waals surface area (Å²) in [6.45, 7) is 0.109. The highest BCUT2D eigenvalue weighted by molar-refractivity contribution is 7.09. The van der Waals surface area contributed by atoms with E-state index in [2.05, 4.69) is 0 Å². The lowest BCUT2D eigenvalue weighted by Crippen LogP contribution is -2.43. The van der Waals surface area contributed by atoms with Crippen LogP contribution in [0.15, 0.2) is 41.8 Å². The lowest BCUT2D eigenvalue weighted by atomic mass is 10.2. The van der Waals surface area contributed by atoms with Gasteiger partial charge in [-0.3, -0.25) is 19.3 Å². The summed E-state index contributed by atoms with van der Waals surface area (Å²) < 4.78 is 0. The molecule has 3 heterocycles. The summed E-state index contributed by atoms with van der Waals surface area (Å²) in [5, 5.41) is 1.83. The number of amides is 5. The SMILES string of the molecule is O=C1C(=O)N(Cc2cccs2)C(=O)N1CC(=O)N1CCc2ccccc21. The quantitative estimate of drug-likeness (QED) is 0.606. The number of carbonyl (C=O) groups is 4. The van der Waals surface area contributed by atoms with Gasteiger partial charge < -0.3 is 4.90 Å². The topological polar surface area (TPSA) is 78.0 Å². The molecule has 1 saturated heterocycles. The second kappa shape index (κ2) is 6.38. The molecule has 0 spiro atoms. The number of hydrogen-bond donors (Lipinski definition) is 0. The highest BCUT2D eigenvalue weighted by atomic mass is 32.1. The first-order valence-corrected chi connectivity index (χ1v) is 9.02. The number of benzene rings is 1. The molecule has 1 aromatic carbocycles. The Bertz CT molecular complexity index is 909. The maximum atomic E-state index is 12.6. The van der Waals surface area contributed by atoms with Crippen LogP contribution < -0.4 is 4.90 Å². The molecule has 5 amide bonds. The van der Waals surface area contributed by atoms with Crippen LogP contribution >= 0.6 is 11.3 Å². The molecule has 7 nitrogen and oxygen atoms in total. The average molecular weight is 369 g/mol. The molecule has 0 N–H and O–H groups in total. The zero-order chi connectivity index (χ0) is 18.3. The molecule has 0 radical (unpaired) electrons. The van der Waals surface area contributed by atoms with Gasteiger partial charge in [-0.2, -0.15) is 0 Å². The zero-order valence-corrected chi connectivity index (χ0v) is 14.6. The fourth-order valence-corrected chi connectivity index (χ4v) is 3.90. The third-order valence-corrected chi connectivity index (χ3v) is 5.37. The molecule has 132 valence electrons. The van der Waals surface area contributed by atoms with Gasteiger partial charge in [0.1, 0.15) is 6.54 Å². The van der Waals surface area contributed by atoms with Crippen LogP contribution in [0.2, 0.25) is 0 Å². The molecule has 0 bridgehead atoms. The normalized spacial score (nSPS) is 16.6. The minimum atomic E-state index is -0.951. The van der Waals surface area contributed by atoms with Crippen LogP contribution in [0.25, 0.3) is 0 Å². The number of para-hydroxylation sites is 1. The lowest BCUT2D eigenvalue weighted by Gasteiger charge is -2.20. The second-order valence-corrected chi connectivity index (χ2v) is 7.10. The molecule has 1 fully saturated rings. The van der Waals surface area contributed by atoms with E-state index in [4.69, 9.17) is 0 Å². The molecular formula is C18H15N3O4S. The summed E-state index contributed by atoms with van der Waals surface area (Å²) in [5.74, 6) is -2.21. The zero-order valence-electron chi connectivity index (χ0n) is 13.8. The Morgan fingerprint density at radius 3 is 2.54 bits per heavy atom. The van der Waals surface area contributed by atoms with Crippen LogP contribution in [0.4, 0.5) is 10.5 Å². The Morgan fingerprint density at radius 1 is 1.00 bits per heavy atom. The van der Waals surface area contributed by atoms with Crippen molar-refractivity contribution in [3.63, 3.8) is 0 Å². The number of carbonyl (C=O) groups excluding carboxylic acids is 4. The molecular weight excluding hydrogens is 354 g/mol. The number of urea groups is 1. The Morgan fingerprint density at radius 2 is 1.77 bits per heavy atom. The third kappa shape index (κ3) is 2.68. The number of rotatable bonds is 4. The van der Waals surface area contributed by atoms with Crippen molar-refractivity contribution in [1.29, 1.82) is 0 Å². The van der Waals surface area contributed by atoms with Crippen LogP contribution in [-0.2, 0) is 27.3 Å². The van der Waals surface area contributed by atoms with Crippen molar-refractivity contribution < 1.29 is 19.2 Å². The monoisotopic (exact) mass is 369 g/mol.